The summed E-state index contributed by atoms with van der Waals surface area (Å²) in [4.78, 5) is 20.0. The number of H-pyrrole nitrogens is 2. The van der Waals surface area contributed by atoms with Gasteiger partial charge in [0.15, 0.2) is 5.65 Å². The fourth-order valence-electron chi connectivity index (χ4n) is 1.81. The molecule has 0 aliphatic rings. The zero-order valence-electron chi connectivity index (χ0n) is 10.4. The first-order valence-corrected chi connectivity index (χ1v) is 5.85. The predicted octanol–water partition coefficient (Wildman–Crippen LogP) is 3.06. The molecule has 3 rings (SSSR count). The number of hydrogen-bond donors (Lipinski definition) is 2. The van der Waals surface area contributed by atoms with Crippen molar-refractivity contribution < 1.29 is 17.9 Å². The lowest BCUT2D eigenvalue weighted by Gasteiger charge is -2.08. The molecule has 0 aliphatic heterocycles. The number of halogens is 3. The zero-order valence-corrected chi connectivity index (χ0v) is 10.4. The summed E-state index contributed by atoms with van der Waals surface area (Å²) < 4.78 is 42.7. The molecule has 8 heteroatoms. The van der Waals surface area contributed by atoms with Crippen LogP contribution in [-0.2, 0) is 6.18 Å². The summed E-state index contributed by atoms with van der Waals surface area (Å²) >= 11 is 0. The summed E-state index contributed by atoms with van der Waals surface area (Å²) in [6.45, 7) is 0. The minimum absolute atomic E-state index is 0.238. The number of rotatable bonds is 2. The van der Waals surface area contributed by atoms with Gasteiger partial charge < -0.3 is 9.72 Å². The summed E-state index contributed by atoms with van der Waals surface area (Å²) in [6, 6.07) is 5.82. The van der Waals surface area contributed by atoms with Gasteiger partial charge in [-0.15, -0.1) is 0 Å². The zero-order chi connectivity index (χ0) is 15.0. The van der Waals surface area contributed by atoms with E-state index in [1.165, 1.54) is 24.4 Å². The molecule has 5 nitrogen and oxygen atoms in total. The van der Waals surface area contributed by atoms with Crippen LogP contribution in [0.5, 0.6) is 11.5 Å². The van der Waals surface area contributed by atoms with Gasteiger partial charge in [-0.3, -0.25) is 4.98 Å². The number of hydrogen-bond acceptors (Lipinski definition) is 3. The average molecular weight is 295 g/mol. The Morgan fingerprint density at radius 1 is 1.05 bits per heavy atom. The molecule has 0 saturated heterocycles. The third-order valence-electron chi connectivity index (χ3n) is 2.76. The molecule has 0 aliphatic carbocycles. The second-order valence-corrected chi connectivity index (χ2v) is 4.27. The normalized spacial score (nSPS) is 11.8. The smallest absolute Gasteiger partial charge is 0.416 e. The van der Waals surface area contributed by atoms with Crippen LogP contribution < -0.4 is 10.4 Å². The van der Waals surface area contributed by atoms with Crippen molar-refractivity contribution in [3.05, 3.63) is 52.6 Å². The van der Waals surface area contributed by atoms with Gasteiger partial charge in [-0.1, -0.05) is 0 Å². The Labute approximate surface area is 115 Å². The molecule has 0 bridgehead atoms. The highest BCUT2D eigenvalue weighted by molar-refractivity contribution is 5.71. The maximum Gasteiger partial charge on any atom is 0.416 e. The van der Waals surface area contributed by atoms with E-state index in [0.717, 1.165) is 12.1 Å². The molecule has 0 radical (unpaired) electrons. The molecule has 108 valence electrons. The van der Waals surface area contributed by atoms with Gasteiger partial charge in [-0.05, 0) is 24.3 Å². The van der Waals surface area contributed by atoms with Gasteiger partial charge in [0.05, 0.1) is 17.3 Å². The van der Waals surface area contributed by atoms with E-state index in [-0.39, 0.29) is 5.75 Å². The first-order chi connectivity index (χ1) is 9.91. The summed E-state index contributed by atoms with van der Waals surface area (Å²) in [7, 11) is 0. The van der Waals surface area contributed by atoms with Crippen molar-refractivity contribution in [3.63, 3.8) is 0 Å². The van der Waals surface area contributed by atoms with Crippen molar-refractivity contribution in [2.75, 3.05) is 0 Å². The Bertz CT molecular complexity index is 834. The van der Waals surface area contributed by atoms with Crippen molar-refractivity contribution >= 4 is 11.2 Å². The molecule has 3 aromatic rings. The SMILES string of the molecule is O=c1[nH]c2cc(Oc3ccc(C(F)(F)F)cc3)cnc2[nH]1. The molecular weight excluding hydrogens is 287 g/mol. The standard InChI is InChI=1S/C13H8F3N3O2/c14-13(15,16)7-1-3-8(4-2-7)21-9-5-10-11(17-6-9)19-12(20)18-10/h1-6H,(H2,17,18,19,20). The molecule has 1 aromatic carbocycles. The van der Waals surface area contributed by atoms with E-state index in [1.807, 2.05) is 0 Å². The van der Waals surface area contributed by atoms with E-state index in [4.69, 9.17) is 4.74 Å². The number of benzene rings is 1. The van der Waals surface area contributed by atoms with Gasteiger partial charge in [0.1, 0.15) is 11.5 Å². The third kappa shape index (κ3) is 2.73. The molecule has 0 spiro atoms. The van der Waals surface area contributed by atoms with E-state index in [1.54, 1.807) is 0 Å². The molecule has 0 unspecified atom stereocenters. The van der Waals surface area contributed by atoms with Crippen LogP contribution in [0.2, 0.25) is 0 Å². The maximum absolute atomic E-state index is 12.4. The lowest BCUT2D eigenvalue weighted by molar-refractivity contribution is -0.137. The number of fused-ring (bicyclic) bond motifs is 1. The fourth-order valence-corrected chi connectivity index (χ4v) is 1.81. The molecule has 2 heterocycles. The highest BCUT2D eigenvalue weighted by Gasteiger charge is 2.30. The van der Waals surface area contributed by atoms with Gasteiger partial charge in [0.2, 0.25) is 0 Å². The third-order valence-corrected chi connectivity index (χ3v) is 2.76. The second-order valence-electron chi connectivity index (χ2n) is 4.27. The number of aromatic amines is 2. The molecule has 0 atom stereocenters. The van der Waals surface area contributed by atoms with Gasteiger partial charge in [0, 0.05) is 6.07 Å². The topological polar surface area (TPSA) is 70.8 Å². The minimum atomic E-state index is -4.39. The van der Waals surface area contributed by atoms with Crippen LogP contribution in [0.1, 0.15) is 5.56 Å². The van der Waals surface area contributed by atoms with Crippen molar-refractivity contribution in [1.82, 2.24) is 15.0 Å². The first kappa shape index (κ1) is 13.2. The quantitative estimate of drug-likeness (QED) is 0.763. The number of aromatic nitrogens is 3. The van der Waals surface area contributed by atoms with Crippen LogP contribution in [-0.4, -0.2) is 15.0 Å². The highest BCUT2D eigenvalue weighted by atomic mass is 19.4. The van der Waals surface area contributed by atoms with Crippen molar-refractivity contribution in [3.8, 4) is 11.5 Å². The van der Waals surface area contributed by atoms with Crippen LogP contribution in [0.4, 0.5) is 13.2 Å². The first-order valence-electron chi connectivity index (χ1n) is 5.85. The van der Waals surface area contributed by atoms with Crippen molar-refractivity contribution in [2.45, 2.75) is 6.18 Å². The predicted molar refractivity (Wildman–Crippen MR) is 68.2 cm³/mol. The molecule has 21 heavy (non-hydrogen) atoms. The Kier molecular flexibility index (Phi) is 2.93. The van der Waals surface area contributed by atoms with Gasteiger partial charge in [-0.25, -0.2) is 9.78 Å². The second kappa shape index (κ2) is 4.65. The average Bonchev–Trinajstić information content (AvgIpc) is 2.78. The Morgan fingerprint density at radius 2 is 1.76 bits per heavy atom. The molecule has 0 amide bonds. The molecule has 0 saturated carbocycles. The highest BCUT2D eigenvalue weighted by Crippen LogP contribution is 2.31. The van der Waals surface area contributed by atoms with Crippen LogP contribution in [0.15, 0.2) is 41.3 Å². The lowest BCUT2D eigenvalue weighted by Crippen LogP contribution is -2.03. The Morgan fingerprint density at radius 3 is 2.43 bits per heavy atom. The molecule has 0 fully saturated rings. The summed E-state index contributed by atoms with van der Waals surface area (Å²) in [6.07, 6.45) is -3.02. The number of nitrogens with one attached hydrogen (secondary N) is 2. The lowest BCUT2D eigenvalue weighted by atomic mass is 10.2. The molecule has 2 N–H and O–H groups in total. The number of imidazole rings is 1. The number of nitrogens with zero attached hydrogens (tertiary/aromatic N) is 1. The van der Waals surface area contributed by atoms with E-state index in [9.17, 15) is 18.0 Å². The van der Waals surface area contributed by atoms with Crippen LogP contribution in [0, 0.1) is 0 Å². The Balaban J connectivity index is 1.86. The van der Waals surface area contributed by atoms with Crippen LogP contribution in [0.25, 0.3) is 11.2 Å². The fraction of sp³-hybridized carbons (Fsp3) is 0.0769. The Hall–Kier alpha value is -2.77. The maximum atomic E-state index is 12.4. The summed E-state index contributed by atoms with van der Waals surface area (Å²) in [5.74, 6) is 0.541. The minimum Gasteiger partial charge on any atom is -0.456 e. The monoisotopic (exact) mass is 295 g/mol. The van der Waals surface area contributed by atoms with Gasteiger partial charge in [0.25, 0.3) is 0 Å². The number of pyridine rings is 1. The van der Waals surface area contributed by atoms with Gasteiger partial charge in [-0.2, -0.15) is 13.2 Å². The molecular formula is C13H8F3N3O2. The van der Waals surface area contributed by atoms with E-state index < -0.39 is 17.4 Å². The number of ether oxygens (including phenoxy) is 1. The van der Waals surface area contributed by atoms with E-state index in [2.05, 4.69) is 15.0 Å². The van der Waals surface area contributed by atoms with Crippen LogP contribution in [0.3, 0.4) is 0 Å². The van der Waals surface area contributed by atoms with E-state index >= 15 is 0 Å². The van der Waals surface area contributed by atoms with Crippen molar-refractivity contribution in [1.29, 1.82) is 0 Å². The molecule has 2 aromatic heterocycles. The summed E-state index contributed by atoms with van der Waals surface area (Å²) in [5, 5.41) is 0. The van der Waals surface area contributed by atoms with Gasteiger partial charge >= 0.3 is 11.9 Å². The largest absolute Gasteiger partial charge is 0.456 e. The summed E-state index contributed by atoms with van der Waals surface area (Å²) in [5.41, 5.74) is -0.327. The van der Waals surface area contributed by atoms with Crippen LogP contribution >= 0.6 is 0 Å². The number of alkyl halides is 3. The van der Waals surface area contributed by atoms with E-state index in [0.29, 0.717) is 16.9 Å². The van der Waals surface area contributed by atoms with Crippen molar-refractivity contribution in [2.24, 2.45) is 0 Å².